The van der Waals surface area contributed by atoms with Crippen LogP contribution in [-0.4, -0.2) is 32.4 Å². The van der Waals surface area contributed by atoms with Gasteiger partial charge in [0.15, 0.2) is 0 Å². The third-order valence-electron chi connectivity index (χ3n) is 4.32. The summed E-state index contributed by atoms with van der Waals surface area (Å²) in [5.41, 5.74) is 1.73. The maximum Gasteiger partial charge on any atom is 0.259 e. The molecular weight excluding hydrogens is 352 g/mol. The number of aryl methyl sites for hydroxylation is 1. The number of rotatable bonds is 4. The number of aromatic nitrogens is 1. The standard InChI is InChI=1S/C18H22N4O3S/c1-13-10-16(17(20-12-13)22-8-3-2-4-9-22)18(23)21-14-6-5-7-15(11-14)26(19,24)25/h5-7,10-12H,2-4,8-9H2,1H3,(H,21,23)(H2,19,24,25). The summed E-state index contributed by atoms with van der Waals surface area (Å²) in [5, 5.41) is 7.90. The number of nitrogens with zero attached hydrogens (tertiary/aromatic N) is 2. The van der Waals surface area contributed by atoms with Crippen LogP contribution in [0, 0.1) is 6.92 Å². The average Bonchev–Trinajstić information content (AvgIpc) is 2.62. The third-order valence-corrected chi connectivity index (χ3v) is 5.24. The van der Waals surface area contributed by atoms with E-state index in [0.29, 0.717) is 17.1 Å². The van der Waals surface area contributed by atoms with Crippen molar-refractivity contribution in [2.75, 3.05) is 23.3 Å². The molecule has 1 aliphatic heterocycles. The van der Waals surface area contributed by atoms with Crippen LogP contribution in [0.3, 0.4) is 0 Å². The Morgan fingerprint density at radius 2 is 1.92 bits per heavy atom. The summed E-state index contributed by atoms with van der Waals surface area (Å²) in [6.45, 7) is 3.62. The normalized spacial score (nSPS) is 14.9. The highest BCUT2D eigenvalue weighted by Crippen LogP contribution is 2.24. The van der Waals surface area contributed by atoms with Gasteiger partial charge in [-0.25, -0.2) is 18.5 Å². The van der Waals surface area contributed by atoms with E-state index in [1.54, 1.807) is 18.3 Å². The summed E-state index contributed by atoms with van der Waals surface area (Å²) in [7, 11) is -3.83. The first-order valence-electron chi connectivity index (χ1n) is 8.50. The molecule has 1 amide bonds. The number of amides is 1. The summed E-state index contributed by atoms with van der Waals surface area (Å²) in [5.74, 6) is 0.337. The number of carbonyl (C=O) groups is 1. The molecule has 3 rings (SSSR count). The van der Waals surface area contributed by atoms with Crippen molar-refractivity contribution in [2.45, 2.75) is 31.1 Å². The predicted octanol–water partition coefficient (Wildman–Crippen LogP) is 2.28. The maximum atomic E-state index is 12.8. The minimum Gasteiger partial charge on any atom is -0.356 e. The first-order valence-corrected chi connectivity index (χ1v) is 10.0. The van der Waals surface area contributed by atoms with Gasteiger partial charge in [0.25, 0.3) is 5.91 Å². The molecule has 7 nitrogen and oxygen atoms in total. The highest BCUT2D eigenvalue weighted by Gasteiger charge is 2.20. The van der Waals surface area contributed by atoms with Crippen molar-refractivity contribution in [3.05, 3.63) is 47.7 Å². The largest absolute Gasteiger partial charge is 0.356 e. The minimum atomic E-state index is -3.83. The molecule has 2 aromatic rings. The lowest BCUT2D eigenvalue weighted by molar-refractivity contribution is 0.102. The molecule has 0 saturated carbocycles. The van der Waals surface area contributed by atoms with E-state index in [4.69, 9.17) is 5.14 Å². The minimum absolute atomic E-state index is 0.0473. The SMILES string of the molecule is Cc1cnc(N2CCCCC2)c(C(=O)Nc2cccc(S(N)(=O)=O)c2)c1. The monoisotopic (exact) mass is 374 g/mol. The summed E-state index contributed by atoms with van der Waals surface area (Å²) in [6.07, 6.45) is 5.09. The lowest BCUT2D eigenvalue weighted by Gasteiger charge is -2.29. The molecule has 8 heteroatoms. The first kappa shape index (κ1) is 18.3. The van der Waals surface area contributed by atoms with Crippen molar-refractivity contribution in [1.82, 2.24) is 4.98 Å². The van der Waals surface area contributed by atoms with E-state index in [0.717, 1.165) is 31.5 Å². The van der Waals surface area contributed by atoms with Gasteiger partial charge in [0.2, 0.25) is 10.0 Å². The molecule has 0 unspecified atom stereocenters. The lowest BCUT2D eigenvalue weighted by Crippen LogP contribution is -2.32. The van der Waals surface area contributed by atoms with Gasteiger partial charge in [-0.05, 0) is 56.0 Å². The van der Waals surface area contributed by atoms with Crippen LogP contribution in [0.25, 0.3) is 0 Å². The van der Waals surface area contributed by atoms with Crippen molar-refractivity contribution in [1.29, 1.82) is 0 Å². The fourth-order valence-corrected chi connectivity index (χ4v) is 3.60. The highest BCUT2D eigenvalue weighted by atomic mass is 32.2. The number of nitrogens with one attached hydrogen (secondary N) is 1. The number of anilines is 2. The van der Waals surface area contributed by atoms with Crippen LogP contribution in [0.15, 0.2) is 41.4 Å². The molecule has 1 aromatic carbocycles. The van der Waals surface area contributed by atoms with Crippen LogP contribution in [0.1, 0.15) is 35.2 Å². The fraction of sp³-hybridized carbons (Fsp3) is 0.333. The molecule has 3 N–H and O–H groups in total. The summed E-state index contributed by atoms with van der Waals surface area (Å²) >= 11 is 0. The zero-order valence-corrected chi connectivity index (χ0v) is 15.4. The summed E-state index contributed by atoms with van der Waals surface area (Å²) in [4.78, 5) is 19.4. The van der Waals surface area contributed by atoms with Gasteiger partial charge in [-0.3, -0.25) is 4.79 Å². The molecular formula is C18H22N4O3S. The molecule has 0 spiro atoms. The molecule has 1 saturated heterocycles. The highest BCUT2D eigenvalue weighted by molar-refractivity contribution is 7.89. The van der Waals surface area contributed by atoms with E-state index in [1.807, 2.05) is 6.92 Å². The molecule has 138 valence electrons. The number of primary sulfonamides is 1. The zero-order chi connectivity index (χ0) is 18.7. The fourth-order valence-electron chi connectivity index (χ4n) is 3.04. The molecule has 1 fully saturated rings. The Labute approximate surface area is 153 Å². The van der Waals surface area contributed by atoms with Gasteiger partial charge in [-0.2, -0.15) is 0 Å². The van der Waals surface area contributed by atoms with Crippen LogP contribution in [0.5, 0.6) is 0 Å². The molecule has 1 aliphatic rings. The number of nitrogens with two attached hydrogens (primary N) is 1. The van der Waals surface area contributed by atoms with Crippen LogP contribution in [0.2, 0.25) is 0 Å². The molecule has 2 heterocycles. The zero-order valence-electron chi connectivity index (χ0n) is 14.6. The van der Waals surface area contributed by atoms with Crippen LogP contribution in [-0.2, 0) is 10.0 Å². The topological polar surface area (TPSA) is 105 Å². The number of pyridine rings is 1. The molecule has 26 heavy (non-hydrogen) atoms. The molecule has 0 radical (unpaired) electrons. The second kappa shape index (κ2) is 7.43. The van der Waals surface area contributed by atoms with Crippen molar-refractivity contribution >= 4 is 27.4 Å². The van der Waals surface area contributed by atoms with Crippen molar-refractivity contribution in [2.24, 2.45) is 5.14 Å². The van der Waals surface area contributed by atoms with Crippen LogP contribution < -0.4 is 15.4 Å². The van der Waals surface area contributed by atoms with Crippen molar-refractivity contribution < 1.29 is 13.2 Å². The predicted molar refractivity (Wildman–Crippen MR) is 101 cm³/mol. The van der Waals surface area contributed by atoms with E-state index in [-0.39, 0.29) is 10.8 Å². The summed E-state index contributed by atoms with van der Waals surface area (Å²) in [6, 6.07) is 7.69. The van der Waals surface area contributed by atoms with Crippen LogP contribution >= 0.6 is 0 Å². The average molecular weight is 374 g/mol. The molecule has 1 aromatic heterocycles. The number of carbonyl (C=O) groups excluding carboxylic acids is 1. The number of sulfonamides is 1. The Morgan fingerprint density at radius 1 is 1.19 bits per heavy atom. The Kier molecular flexibility index (Phi) is 5.24. The van der Waals surface area contributed by atoms with Crippen molar-refractivity contribution in [3.8, 4) is 0 Å². The maximum absolute atomic E-state index is 12.8. The number of piperidine rings is 1. The van der Waals surface area contributed by atoms with Gasteiger partial charge in [-0.15, -0.1) is 0 Å². The van der Waals surface area contributed by atoms with Gasteiger partial charge in [0.05, 0.1) is 10.5 Å². The Balaban J connectivity index is 1.89. The van der Waals surface area contributed by atoms with E-state index >= 15 is 0 Å². The van der Waals surface area contributed by atoms with E-state index < -0.39 is 10.0 Å². The summed E-state index contributed by atoms with van der Waals surface area (Å²) < 4.78 is 23.0. The molecule has 0 aliphatic carbocycles. The van der Waals surface area contributed by atoms with Gasteiger partial charge >= 0.3 is 0 Å². The van der Waals surface area contributed by atoms with Gasteiger partial charge in [0, 0.05) is 25.0 Å². The van der Waals surface area contributed by atoms with E-state index in [2.05, 4.69) is 15.2 Å². The molecule has 0 atom stereocenters. The second-order valence-corrected chi connectivity index (χ2v) is 8.02. The van der Waals surface area contributed by atoms with E-state index in [1.165, 1.54) is 24.6 Å². The van der Waals surface area contributed by atoms with Crippen molar-refractivity contribution in [3.63, 3.8) is 0 Å². The van der Waals surface area contributed by atoms with Gasteiger partial charge in [-0.1, -0.05) is 6.07 Å². The van der Waals surface area contributed by atoms with Crippen LogP contribution in [0.4, 0.5) is 11.5 Å². The third kappa shape index (κ3) is 4.20. The number of benzene rings is 1. The number of hydrogen-bond acceptors (Lipinski definition) is 5. The van der Waals surface area contributed by atoms with Gasteiger partial charge < -0.3 is 10.2 Å². The first-order chi connectivity index (χ1) is 12.3. The lowest BCUT2D eigenvalue weighted by atomic mass is 10.1. The quantitative estimate of drug-likeness (QED) is 0.854. The Morgan fingerprint density at radius 3 is 2.62 bits per heavy atom. The van der Waals surface area contributed by atoms with E-state index in [9.17, 15) is 13.2 Å². The Bertz CT molecular complexity index is 922. The smallest absolute Gasteiger partial charge is 0.259 e. The Hall–Kier alpha value is -2.45. The second-order valence-electron chi connectivity index (χ2n) is 6.46. The van der Waals surface area contributed by atoms with Gasteiger partial charge in [0.1, 0.15) is 5.82 Å². The molecule has 0 bridgehead atoms. The number of hydrogen-bond donors (Lipinski definition) is 2.